The van der Waals surface area contributed by atoms with Crippen molar-refractivity contribution < 1.29 is 19.1 Å². The molecule has 0 aromatic carbocycles. The maximum absolute atomic E-state index is 12.1. The molecule has 1 saturated heterocycles. The van der Waals surface area contributed by atoms with Crippen LogP contribution in [-0.2, 0) is 14.3 Å². The number of thioether (sulfide) groups is 1. The Morgan fingerprint density at radius 3 is 2.05 bits per heavy atom. The van der Waals surface area contributed by atoms with E-state index in [9.17, 15) is 9.59 Å². The molecule has 5 nitrogen and oxygen atoms in total. The highest BCUT2D eigenvalue weighted by Crippen LogP contribution is 2.25. The topological polar surface area (TPSA) is 55.8 Å². The summed E-state index contributed by atoms with van der Waals surface area (Å²) in [6.07, 6.45) is -0.464. The maximum Gasteiger partial charge on any atom is 0.411 e. The molecular formula is C13H23NO4S. The highest BCUT2D eigenvalue weighted by molar-refractivity contribution is 7.99. The minimum Gasteiger partial charge on any atom is -0.458 e. The standard InChI is InChI=1S/C13H23NO4S/c1-12(2,3)17-10(15)9-7-19-8-14(9)11(16)18-13(4,5)6/h9H,7-8H2,1-6H3/t9-/m0/s1. The van der Waals surface area contributed by atoms with Crippen LogP contribution in [0.3, 0.4) is 0 Å². The van der Waals surface area contributed by atoms with E-state index >= 15 is 0 Å². The SMILES string of the molecule is CC(C)(C)OC(=O)[C@@H]1CSCN1C(=O)OC(C)(C)C. The van der Waals surface area contributed by atoms with E-state index in [1.54, 1.807) is 20.8 Å². The first-order valence-corrected chi connectivity index (χ1v) is 7.45. The molecule has 0 bridgehead atoms. The van der Waals surface area contributed by atoms with Gasteiger partial charge < -0.3 is 9.47 Å². The quantitative estimate of drug-likeness (QED) is 0.695. The molecule has 0 aliphatic carbocycles. The second-order valence-corrected chi connectivity index (χ2v) is 7.50. The number of amides is 1. The Morgan fingerprint density at radius 2 is 1.58 bits per heavy atom. The Balaban J connectivity index is 2.69. The van der Waals surface area contributed by atoms with E-state index in [4.69, 9.17) is 9.47 Å². The van der Waals surface area contributed by atoms with Crippen molar-refractivity contribution in [3.8, 4) is 0 Å². The summed E-state index contributed by atoms with van der Waals surface area (Å²) in [5.74, 6) is 0.635. The summed E-state index contributed by atoms with van der Waals surface area (Å²) in [6, 6.07) is -0.556. The van der Waals surface area contributed by atoms with Crippen LogP contribution in [0.1, 0.15) is 41.5 Å². The Morgan fingerprint density at radius 1 is 1.05 bits per heavy atom. The van der Waals surface area contributed by atoms with Crippen LogP contribution in [-0.4, -0.2) is 45.8 Å². The number of nitrogens with zero attached hydrogens (tertiary/aromatic N) is 1. The largest absolute Gasteiger partial charge is 0.458 e. The molecule has 1 heterocycles. The maximum atomic E-state index is 12.1. The molecule has 1 rings (SSSR count). The molecule has 19 heavy (non-hydrogen) atoms. The number of rotatable bonds is 1. The van der Waals surface area contributed by atoms with Crippen LogP contribution in [0.2, 0.25) is 0 Å². The molecule has 0 unspecified atom stereocenters. The average molecular weight is 289 g/mol. The highest BCUT2D eigenvalue weighted by Gasteiger charge is 2.39. The summed E-state index contributed by atoms with van der Waals surface area (Å²) in [4.78, 5) is 25.5. The molecule has 0 aromatic rings. The predicted octanol–water partition coefficient (Wildman–Crippen LogP) is 2.64. The van der Waals surface area contributed by atoms with E-state index in [2.05, 4.69) is 0 Å². The van der Waals surface area contributed by atoms with Gasteiger partial charge in [-0.25, -0.2) is 9.59 Å². The molecule has 1 aliphatic rings. The summed E-state index contributed by atoms with van der Waals surface area (Å²) in [7, 11) is 0. The number of carbonyl (C=O) groups is 2. The van der Waals surface area contributed by atoms with Crippen molar-refractivity contribution in [2.75, 3.05) is 11.6 Å². The van der Waals surface area contributed by atoms with Crippen LogP contribution in [0.5, 0.6) is 0 Å². The minimum absolute atomic E-state index is 0.372. The van der Waals surface area contributed by atoms with Gasteiger partial charge >= 0.3 is 12.1 Å². The summed E-state index contributed by atoms with van der Waals surface area (Å²) >= 11 is 1.52. The second kappa shape index (κ2) is 5.61. The number of ether oxygens (including phenoxy) is 2. The first-order valence-electron chi connectivity index (χ1n) is 6.30. The molecule has 6 heteroatoms. The van der Waals surface area contributed by atoms with Gasteiger partial charge in [-0.1, -0.05) is 0 Å². The normalized spacial score (nSPS) is 20.3. The van der Waals surface area contributed by atoms with Crippen LogP contribution >= 0.6 is 11.8 Å². The second-order valence-electron chi connectivity index (χ2n) is 6.50. The molecule has 0 N–H and O–H groups in total. The number of hydrogen-bond donors (Lipinski definition) is 0. The molecule has 1 fully saturated rings. The minimum atomic E-state index is -0.567. The molecule has 0 aromatic heterocycles. The van der Waals surface area contributed by atoms with Gasteiger partial charge in [0.25, 0.3) is 0 Å². The van der Waals surface area contributed by atoms with Gasteiger partial charge in [0.2, 0.25) is 0 Å². The number of hydrogen-bond acceptors (Lipinski definition) is 5. The fraction of sp³-hybridized carbons (Fsp3) is 0.846. The lowest BCUT2D eigenvalue weighted by molar-refractivity contribution is -0.159. The van der Waals surface area contributed by atoms with Gasteiger partial charge in [0, 0.05) is 5.75 Å². The van der Waals surface area contributed by atoms with Crippen LogP contribution in [0, 0.1) is 0 Å². The average Bonchev–Trinajstić information content (AvgIpc) is 2.59. The van der Waals surface area contributed by atoms with Crippen molar-refractivity contribution in [2.24, 2.45) is 0 Å². The van der Waals surface area contributed by atoms with Gasteiger partial charge in [-0.15, -0.1) is 11.8 Å². The van der Waals surface area contributed by atoms with Crippen LogP contribution in [0.4, 0.5) is 4.79 Å². The zero-order valence-electron chi connectivity index (χ0n) is 12.5. The monoisotopic (exact) mass is 289 g/mol. The predicted molar refractivity (Wildman–Crippen MR) is 75.0 cm³/mol. The van der Waals surface area contributed by atoms with Crippen molar-refractivity contribution in [3.05, 3.63) is 0 Å². The molecule has 0 saturated carbocycles. The fourth-order valence-electron chi connectivity index (χ4n) is 1.51. The molecule has 0 spiro atoms. The zero-order chi connectivity index (χ0) is 14.8. The van der Waals surface area contributed by atoms with Gasteiger partial charge in [-0.2, -0.15) is 0 Å². The van der Waals surface area contributed by atoms with E-state index in [0.717, 1.165) is 0 Å². The van der Waals surface area contributed by atoms with Crippen LogP contribution in [0.25, 0.3) is 0 Å². The smallest absolute Gasteiger partial charge is 0.411 e. The lowest BCUT2D eigenvalue weighted by Crippen LogP contribution is -2.46. The summed E-state index contributed by atoms with van der Waals surface area (Å²) in [6.45, 7) is 10.8. The van der Waals surface area contributed by atoms with E-state index < -0.39 is 23.3 Å². The van der Waals surface area contributed by atoms with Crippen LogP contribution in [0.15, 0.2) is 0 Å². The summed E-state index contributed by atoms with van der Waals surface area (Å²) < 4.78 is 10.6. The lowest BCUT2D eigenvalue weighted by atomic mass is 10.2. The first-order chi connectivity index (χ1) is 8.49. The number of carbonyl (C=O) groups excluding carboxylic acids is 2. The highest BCUT2D eigenvalue weighted by atomic mass is 32.2. The number of esters is 1. The van der Waals surface area contributed by atoms with E-state index in [1.165, 1.54) is 16.7 Å². The molecule has 1 atom stereocenters. The van der Waals surface area contributed by atoms with Crippen molar-refractivity contribution in [1.82, 2.24) is 4.90 Å². The summed E-state index contributed by atoms with van der Waals surface area (Å²) in [5.41, 5.74) is -1.12. The van der Waals surface area contributed by atoms with Crippen LogP contribution < -0.4 is 0 Å². The Bertz CT molecular complexity index is 323. The van der Waals surface area contributed by atoms with Gasteiger partial charge in [0.15, 0.2) is 0 Å². The van der Waals surface area contributed by atoms with Crippen molar-refractivity contribution >= 4 is 23.8 Å². The summed E-state index contributed by atoms with van der Waals surface area (Å²) in [5, 5.41) is 0. The third kappa shape index (κ3) is 5.30. The van der Waals surface area contributed by atoms with E-state index in [1.807, 2.05) is 20.8 Å². The molecular weight excluding hydrogens is 266 g/mol. The fourth-order valence-corrected chi connectivity index (χ4v) is 2.63. The third-order valence-corrected chi connectivity index (χ3v) is 3.20. The molecule has 110 valence electrons. The Hall–Kier alpha value is -0.910. The van der Waals surface area contributed by atoms with Crippen molar-refractivity contribution in [2.45, 2.75) is 58.8 Å². The van der Waals surface area contributed by atoms with Crippen molar-refractivity contribution in [3.63, 3.8) is 0 Å². The van der Waals surface area contributed by atoms with Crippen molar-refractivity contribution in [1.29, 1.82) is 0 Å². The van der Waals surface area contributed by atoms with Gasteiger partial charge in [-0.05, 0) is 41.5 Å². The van der Waals surface area contributed by atoms with Gasteiger partial charge in [-0.3, -0.25) is 4.90 Å². The molecule has 1 aliphatic heterocycles. The first kappa shape index (κ1) is 16.1. The van der Waals surface area contributed by atoms with E-state index in [-0.39, 0.29) is 5.97 Å². The zero-order valence-corrected chi connectivity index (χ0v) is 13.3. The molecule has 0 radical (unpaired) electrons. The molecule has 1 amide bonds. The lowest BCUT2D eigenvalue weighted by Gasteiger charge is -2.29. The third-order valence-electron chi connectivity index (χ3n) is 2.19. The Labute approximate surface area is 119 Å². The Kier molecular flexibility index (Phi) is 4.76. The van der Waals surface area contributed by atoms with Gasteiger partial charge in [0.05, 0.1) is 5.88 Å². The van der Waals surface area contributed by atoms with Gasteiger partial charge in [0.1, 0.15) is 17.2 Å². The van der Waals surface area contributed by atoms with E-state index in [0.29, 0.717) is 11.6 Å².